The first kappa shape index (κ1) is 11.9. The molecule has 0 unspecified atom stereocenters. The molecule has 0 spiro atoms. The molecule has 0 fully saturated rings. The van der Waals surface area contributed by atoms with Crippen molar-refractivity contribution in [3.63, 3.8) is 0 Å². The van der Waals surface area contributed by atoms with Crippen molar-refractivity contribution in [2.24, 2.45) is 0 Å². The molecule has 2 heterocycles. The summed E-state index contributed by atoms with van der Waals surface area (Å²) in [5.74, 6) is 0.993. The Morgan fingerprint density at radius 2 is 1.84 bits per heavy atom. The fraction of sp³-hybridized carbons (Fsp3) is 0.0714. The zero-order valence-electron chi connectivity index (χ0n) is 9.95. The topological polar surface area (TPSA) is 51.8 Å². The predicted octanol–water partition coefficient (Wildman–Crippen LogP) is 3.38. The highest BCUT2D eigenvalue weighted by Crippen LogP contribution is 2.17. The van der Waals surface area contributed by atoms with Crippen LogP contribution in [0.2, 0.25) is 5.02 Å². The average molecular weight is 272 g/mol. The van der Waals surface area contributed by atoms with Crippen LogP contribution >= 0.6 is 11.6 Å². The largest absolute Gasteiger partial charge is 0.419 e. The minimum Gasteiger partial charge on any atom is -0.419 e. The van der Waals surface area contributed by atoms with Gasteiger partial charge in [-0.05, 0) is 29.8 Å². The second-order valence-electron chi connectivity index (χ2n) is 4.02. The maximum atomic E-state index is 5.84. The Labute approximate surface area is 115 Å². The number of hydrogen-bond acceptors (Lipinski definition) is 4. The molecule has 0 aliphatic carbocycles. The van der Waals surface area contributed by atoms with Crippen LogP contribution in [0.5, 0.6) is 0 Å². The molecule has 0 atom stereocenters. The predicted molar refractivity (Wildman–Crippen MR) is 71.8 cm³/mol. The third-order valence-electron chi connectivity index (χ3n) is 2.62. The first-order valence-corrected chi connectivity index (χ1v) is 6.17. The van der Waals surface area contributed by atoms with Gasteiger partial charge in [-0.2, -0.15) is 0 Å². The molecule has 5 heteroatoms. The fourth-order valence-electron chi connectivity index (χ4n) is 1.69. The third kappa shape index (κ3) is 2.80. The minimum atomic E-state index is 0.435. The quantitative estimate of drug-likeness (QED) is 0.733. The Morgan fingerprint density at radius 3 is 2.58 bits per heavy atom. The van der Waals surface area contributed by atoms with E-state index in [4.69, 9.17) is 16.0 Å². The van der Waals surface area contributed by atoms with Gasteiger partial charge in [0.2, 0.25) is 5.89 Å². The maximum Gasteiger partial charge on any atom is 0.266 e. The lowest BCUT2D eigenvalue weighted by molar-refractivity contribution is 0.516. The molecule has 0 saturated heterocycles. The Balaban J connectivity index is 1.80. The highest BCUT2D eigenvalue weighted by molar-refractivity contribution is 6.30. The van der Waals surface area contributed by atoms with Crippen molar-refractivity contribution in [2.75, 3.05) is 0 Å². The number of hydrogen-bond donors (Lipinski definition) is 0. The molecule has 2 aromatic heterocycles. The molecule has 3 rings (SSSR count). The summed E-state index contributed by atoms with van der Waals surface area (Å²) in [6, 6.07) is 13.1. The Hall–Kier alpha value is -2.20. The third-order valence-corrected chi connectivity index (χ3v) is 2.87. The van der Waals surface area contributed by atoms with E-state index in [1.807, 2.05) is 42.5 Å². The lowest BCUT2D eigenvalue weighted by Gasteiger charge is -1.96. The number of benzene rings is 1. The number of halogens is 1. The van der Waals surface area contributed by atoms with Gasteiger partial charge in [-0.15, -0.1) is 10.2 Å². The van der Waals surface area contributed by atoms with Gasteiger partial charge >= 0.3 is 0 Å². The van der Waals surface area contributed by atoms with Gasteiger partial charge in [0, 0.05) is 11.2 Å². The van der Waals surface area contributed by atoms with Crippen LogP contribution in [0.4, 0.5) is 0 Å². The molecule has 0 saturated carbocycles. The zero-order chi connectivity index (χ0) is 13.1. The molecule has 0 radical (unpaired) electrons. The van der Waals surface area contributed by atoms with Crippen LogP contribution in [0.1, 0.15) is 11.5 Å². The van der Waals surface area contributed by atoms with Gasteiger partial charge in [0.1, 0.15) is 5.69 Å². The zero-order valence-corrected chi connectivity index (χ0v) is 10.7. The molecule has 1 aromatic carbocycles. The van der Waals surface area contributed by atoms with Gasteiger partial charge < -0.3 is 4.42 Å². The highest BCUT2D eigenvalue weighted by atomic mass is 35.5. The lowest BCUT2D eigenvalue weighted by atomic mass is 10.1. The van der Waals surface area contributed by atoms with Crippen molar-refractivity contribution in [2.45, 2.75) is 6.42 Å². The maximum absolute atomic E-state index is 5.84. The molecule has 0 amide bonds. The van der Waals surface area contributed by atoms with E-state index in [1.165, 1.54) is 0 Å². The van der Waals surface area contributed by atoms with Gasteiger partial charge in [0.05, 0.1) is 6.42 Å². The van der Waals surface area contributed by atoms with Crippen LogP contribution in [0.25, 0.3) is 11.6 Å². The smallest absolute Gasteiger partial charge is 0.266 e. The van der Waals surface area contributed by atoms with Crippen LogP contribution in [0.15, 0.2) is 53.1 Å². The van der Waals surface area contributed by atoms with E-state index in [2.05, 4.69) is 15.2 Å². The summed E-state index contributed by atoms with van der Waals surface area (Å²) in [4.78, 5) is 4.17. The molecule has 0 bridgehead atoms. The van der Waals surface area contributed by atoms with E-state index in [0.29, 0.717) is 28.9 Å². The van der Waals surface area contributed by atoms with E-state index in [0.717, 1.165) is 5.56 Å². The number of rotatable bonds is 3. The highest BCUT2D eigenvalue weighted by Gasteiger charge is 2.09. The van der Waals surface area contributed by atoms with Gasteiger partial charge in [0.15, 0.2) is 0 Å². The Bertz CT molecular complexity index is 665. The summed E-state index contributed by atoms with van der Waals surface area (Å²) in [7, 11) is 0. The molecule has 0 aliphatic heterocycles. The van der Waals surface area contributed by atoms with Crippen molar-refractivity contribution in [1.82, 2.24) is 15.2 Å². The van der Waals surface area contributed by atoms with Crippen LogP contribution in [-0.2, 0) is 6.42 Å². The van der Waals surface area contributed by atoms with E-state index in [9.17, 15) is 0 Å². The van der Waals surface area contributed by atoms with Crippen LogP contribution < -0.4 is 0 Å². The first-order valence-electron chi connectivity index (χ1n) is 5.79. The summed E-state index contributed by atoms with van der Waals surface area (Å²) < 4.78 is 5.59. The van der Waals surface area contributed by atoms with Crippen molar-refractivity contribution in [3.05, 3.63) is 65.1 Å². The monoisotopic (exact) mass is 271 g/mol. The summed E-state index contributed by atoms with van der Waals surface area (Å²) in [6.07, 6.45) is 2.27. The minimum absolute atomic E-state index is 0.435. The first-order chi connectivity index (χ1) is 9.31. The second kappa shape index (κ2) is 5.20. The van der Waals surface area contributed by atoms with Crippen molar-refractivity contribution in [1.29, 1.82) is 0 Å². The Morgan fingerprint density at radius 1 is 1.00 bits per heavy atom. The van der Waals surface area contributed by atoms with Crippen LogP contribution in [-0.4, -0.2) is 15.2 Å². The summed E-state index contributed by atoms with van der Waals surface area (Å²) in [5.41, 5.74) is 1.75. The van der Waals surface area contributed by atoms with E-state index >= 15 is 0 Å². The van der Waals surface area contributed by atoms with Crippen molar-refractivity contribution < 1.29 is 4.42 Å². The molecular formula is C14H10ClN3O. The average Bonchev–Trinajstić information content (AvgIpc) is 2.91. The van der Waals surface area contributed by atoms with Gasteiger partial charge in [-0.3, -0.25) is 4.98 Å². The molecule has 94 valence electrons. The lowest BCUT2D eigenvalue weighted by Crippen LogP contribution is -1.87. The normalized spacial score (nSPS) is 10.6. The standard InChI is InChI=1S/C14H10ClN3O/c15-11-6-4-10(5-7-11)9-13-17-18-14(19-13)12-3-1-2-8-16-12/h1-8H,9H2. The van der Waals surface area contributed by atoms with E-state index < -0.39 is 0 Å². The molecule has 4 nitrogen and oxygen atoms in total. The van der Waals surface area contributed by atoms with E-state index in [1.54, 1.807) is 6.20 Å². The molecule has 19 heavy (non-hydrogen) atoms. The summed E-state index contributed by atoms with van der Waals surface area (Å²) in [6.45, 7) is 0. The van der Waals surface area contributed by atoms with Gasteiger partial charge in [0.25, 0.3) is 5.89 Å². The van der Waals surface area contributed by atoms with Gasteiger partial charge in [-0.25, -0.2) is 0 Å². The molecule has 3 aromatic rings. The molecule has 0 aliphatic rings. The van der Waals surface area contributed by atoms with Crippen LogP contribution in [0.3, 0.4) is 0 Å². The second-order valence-corrected chi connectivity index (χ2v) is 4.46. The number of pyridine rings is 1. The number of aromatic nitrogens is 3. The van der Waals surface area contributed by atoms with Gasteiger partial charge in [-0.1, -0.05) is 29.8 Å². The van der Waals surface area contributed by atoms with Crippen LogP contribution in [0, 0.1) is 0 Å². The summed E-state index contributed by atoms with van der Waals surface area (Å²) in [5, 5.41) is 8.73. The number of nitrogens with zero attached hydrogens (tertiary/aromatic N) is 3. The SMILES string of the molecule is Clc1ccc(Cc2nnc(-c3ccccn3)o2)cc1. The van der Waals surface area contributed by atoms with Crippen molar-refractivity contribution in [3.8, 4) is 11.6 Å². The molecular weight excluding hydrogens is 262 g/mol. The Kier molecular flexibility index (Phi) is 3.25. The van der Waals surface area contributed by atoms with E-state index in [-0.39, 0.29) is 0 Å². The fourth-order valence-corrected chi connectivity index (χ4v) is 1.82. The molecule has 0 N–H and O–H groups in total. The van der Waals surface area contributed by atoms with Crippen molar-refractivity contribution >= 4 is 11.6 Å². The summed E-state index contributed by atoms with van der Waals surface area (Å²) >= 11 is 5.84.